The van der Waals surface area contributed by atoms with Crippen molar-refractivity contribution in [2.24, 2.45) is 5.16 Å². The van der Waals surface area contributed by atoms with Crippen molar-refractivity contribution in [3.05, 3.63) is 62.9 Å². The van der Waals surface area contributed by atoms with Crippen LogP contribution in [0.2, 0.25) is 10.0 Å². The molecule has 4 nitrogen and oxygen atoms in total. The second-order valence-electron chi connectivity index (χ2n) is 4.84. The molecule has 23 heavy (non-hydrogen) atoms. The molecule has 7 heteroatoms. The molecule has 0 saturated carbocycles. The van der Waals surface area contributed by atoms with Crippen molar-refractivity contribution in [3.8, 4) is 5.75 Å². The van der Waals surface area contributed by atoms with E-state index >= 15 is 0 Å². The quantitative estimate of drug-likeness (QED) is 0.596. The van der Waals surface area contributed by atoms with E-state index in [4.69, 9.17) is 37.5 Å². The lowest BCUT2D eigenvalue weighted by atomic mass is 10.1. The van der Waals surface area contributed by atoms with E-state index in [-0.39, 0.29) is 19.2 Å². The van der Waals surface area contributed by atoms with E-state index in [1.165, 1.54) is 18.3 Å². The fourth-order valence-electron chi connectivity index (χ4n) is 2.17. The predicted octanol–water partition coefficient (Wildman–Crippen LogP) is 4.55. The number of oxime groups is 1. The minimum absolute atomic E-state index is 0.0712. The average molecular weight is 356 g/mol. The molecule has 3 rings (SSSR count). The summed E-state index contributed by atoms with van der Waals surface area (Å²) < 4.78 is 24.1. The second kappa shape index (κ2) is 7.17. The molecule has 1 aliphatic rings. The summed E-state index contributed by atoms with van der Waals surface area (Å²) in [5, 5.41) is 4.85. The van der Waals surface area contributed by atoms with Crippen LogP contribution in [0.3, 0.4) is 0 Å². The number of ether oxygens (including phenoxy) is 2. The molecule has 1 heterocycles. The smallest absolute Gasteiger partial charge is 0.189 e. The van der Waals surface area contributed by atoms with Gasteiger partial charge < -0.3 is 14.3 Å². The third kappa shape index (κ3) is 3.93. The number of hydrogen-bond acceptors (Lipinski definition) is 4. The molecule has 0 unspecified atom stereocenters. The van der Waals surface area contributed by atoms with E-state index in [1.807, 2.05) is 0 Å². The minimum atomic E-state index is -0.374. The first kappa shape index (κ1) is 16.1. The molecule has 0 aliphatic carbocycles. The highest BCUT2D eigenvalue weighted by molar-refractivity contribution is 6.36. The topological polar surface area (TPSA) is 40.0 Å². The normalized spacial score (nSPS) is 13.7. The Morgan fingerprint density at radius 2 is 2.13 bits per heavy atom. The maximum Gasteiger partial charge on any atom is 0.189 e. The number of halogens is 3. The Labute approximate surface area is 142 Å². The summed E-state index contributed by atoms with van der Waals surface area (Å²) >= 11 is 11.8. The van der Waals surface area contributed by atoms with Crippen molar-refractivity contribution in [1.82, 2.24) is 0 Å². The van der Waals surface area contributed by atoms with Crippen molar-refractivity contribution in [2.45, 2.75) is 13.2 Å². The van der Waals surface area contributed by atoms with Gasteiger partial charge in [-0.05, 0) is 24.3 Å². The lowest BCUT2D eigenvalue weighted by Crippen LogP contribution is -2.13. The molecule has 0 saturated heterocycles. The molecule has 2 aromatic rings. The monoisotopic (exact) mass is 355 g/mol. The zero-order valence-corrected chi connectivity index (χ0v) is 13.4. The molecular formula is C16H12Cl2FNO3. The van der Waals surface area contributed by atoms with Crippen LogP contribution in [0.5, 0.6) is 5.75 Å². The van der Waals surface area contributed by atoms with Crippen molar-refractivity contribution in [3.63, 3.8) is 0 Å². The van der Waals surface area contributed by atoms with E-state index in [2.05, 4.69) is 5.16 Å². The molecule has 120 valence electrons. The lowest BCUT2D eigenvalue weighted by molar-refractivity contribution is -0.0186. The van der Waals surface area contributed by atoms with Crippen LogP contribution in [0.15, 0.2) is 35.5 Å². The third-order valence-electron chi connectivity index (χ3n) is 3.20. The first-order valence-corrected chi connectivity index (χ1v) is 7.51. The van der Waals surface area contributed by atoms with E-state index < -0.39 is 0 Å². The Morgan fingerprint density at radius 3 is 2.96 bits per heavy atom. The summed E-state index contributed by atoms with van der Waals surface area (Å²) in [4.78, 5) is 5.22. The van der Waals surface area contributed by atoms with E-state index in [0.717, 1.165) is 0 Å². The van der Waals surface area contributed by atoms with Crippen LogP contribution in [0.4, 0.5) is 4.39 Å². The number of benzene rings is 2. The fourth-order valence-corrected chi connectivity index (χ4v) is 2.63. The molecule has 0 amide bonds. The van der Waals surface area contributed by atoms with Gasteiger partial charge in [0.1, 0.15) is 18.2 Å². The third-order valence-corrected chi connectivity index (χ3v) is 3.76. The van der Waals surface area contributed by atoms with Gasteiger partial charge in [0.2, 0.25) is 0 Å². The zero-order chi connectivity index (χ0) is 16.2. The number of fused-ring (bicyclic) bond motifs is 1. The summed E-state index contributed by atoms with van der Waals surface area (Å²) in [6.07, 6.45) is 1.47. The molecule has 2 aromatic carbocycles. The fraction of sp³-hybridized carbons (Fsp3) is 0.188. The highest BCUT2D eigenvalue weighted by Crippen LogP contribution is 2.30. The molecule has 0 radical (unpaired) electrons. The van der Waals surface area contributed by atoms with E-state index in [1.54, 1.807) is 18.2 Å². The van der Waals surface area contributed by atoms with Gasteiger partial charge in [-0.1, -0.05) is 34.4 Å². The van der Waals surface area contributed by atoms with Gasteiger partial charge in [-0.3, -0.25) is 0 Å². The van der Waals surface area contributed by atoms with Gasteiger partial charge in [0.15, 0.2) is 6.79 Å². The maximum absolute atomic E-state index is 13.6. The van der Waals surface area contributed by atoms with Crippen LogP contribution >= 0.6 is 23.2 Å². The Balaban J connectivity index is 1.69. The maximum atomic E-state index is 13.6. The summed E-state index contributed by atoms with van der Waals surface area (Å²) in [6.45, 7) is 0.515. The van der Waals surface area contributed by atoms with Crippen LogP contribution in [0.1, 0.15) is 16.7 Å². The van der Waals surface area contributed by atoms with Crippen molar-refractivity contribution < 1.29 is 18.7 Å². The van der Waals surface area contributed by atoms with Gasteiger partial charge in [-0.2, -0.15) is 0 Å². The van der Waals surface area contributed by atoms with Crippen LogP contribution in [-0.2, 0) is 22.8 Å². The molecular weight excluding hydrogens is 344 g/mol. The molecule has 0 aromatic heterocycles. The molecule has 0 bridgehead atoms. The van der Waals surface area contributed by atoms with Gasteiger partial charge in [0.05, 0.1) is 17.8 Å². The van der Waals surface area contributed by atoms with Crippen molar-refractivity contribution in [1.29, 1.82) is 0 Å². The molecule has 0 fully saturated rings. The highest BCUT2D eigenvalue weighted by Gasteiger charge is 2.17. The van der Waals surface area contributed by atoms with Gasteiger partial charge in [-0.25, -0.2) is 4.39 Å². The van der Waals surface area contributed by atoms with Gasteiger partial charge >= 0.3 is 0 Å². The number of nitrogens with zero attached hydrogens (tertiary/aromatic N) is 1. The van der Waals surface area contributed by atoms with Gasteiger partial charge in [-0.15, -0.1) is 0 Å². The summed E-state index contributed by atoms with van der Waals surface area (Å²) in [5.41, 5.74) is 1.89. The summed E-state index contributed by atoms with van der Waals surface area (Å²) in [6, 6.07) is 7.78. The largest absolute Gasteiger partial charge is 0.467 e. The molecule has 0 N–H and O–H groups in total. The molecule has 0 atom stereocenters. The highest BCUT2D eigenvalue weighted by atomic mass is 35.5. The first-order chi connectivity index (χ1) is 11.1. The average Bonchev–Trinajstić information content (AvgIpc) is 2.53. The number of rotatable bonds is 4. The van der Waals surface area contributed by atoms with Crippen molar-refractivity contribution >= 4 is 29.4 Å². The van der Waals surface area contributed by atoms with Gasteiger partial charge in [0.25, 0.3) is 0 Å². The Morgan fingerprint density at radius 1 is 1.26 bits per heavy atom. The standard InChI is InChI=1S/C16H12Cl2FNO3/c17-13-2-1-10(15(18)5-13)6-20-23-8-12-4-14(19)3-11-7-21-9-22-16(11)12/h1-6H,7-9H2/b20-6+. The van der Waals surface area contributed by atoms with Crippen LogP contribution in [-0.4, -0.2) is 13.0 Å². The SMILES string of the molecule is Fc1cc2c(c(CO/N=C/c3ccc(Cl)cc3Cl)c1)OCOC2. The van der Waals surface area contributed by atoms with Crippen LogP contribution in [0.25, 0.3) is 0 Å². The lowest BCUT2D eigenvalue weighted by Gasteiger charge is -2.20. The minimum Gasteiger partial charge on any atom is -0.467 e. The number of hydrogen-bond donors (Lipinski definition) is 0. The van der Waals surface area contributed by atoms with Crippen LogP contribution in [0, 0.1) is 5.82 Å². The Kier molecular flexibility index (Phi) is 5.00. The Bertz CT molecular complexity index is 752. The van der Waals surface area contributed by atoms with E-state index in [9.17, 15) is 4.39 Å². The zero-order valence-electron chi connectivity index (χ0n) is 11.9. The molecule has 0 spiro atoms. The summed E-state index contributed by atoms with van der Waals surface area (Å²) in [7, 11) is 0. The summed E-state index contributed by atoms with van der Waals surface area (Å²) in [5.74, 6) is 0.207. The van der Waals surface area contributed by atoms with E-state index in [0.29, 0.717) is 39.1 Å². The van der Waals surface area contributed by atoms with Gasteiger partial charge in [0, 0.05) is 21.7 Å². The Hall–Kier alpha value is -1.82. The molecule has 1 aliphatic heterocycles. The second-order valence-corrected chi connectivity index (χ2v) is 5.68. The predicted molar refractivity (Wildman–Crippen MR) is 85.5 cm³/mol. The van der Waals surface area contributed by atoms with Crippen molar-refractivity contribution in [2.75, 3.05) is 6.79 Å². The van der Waals surface area contributed by atoms with Crippen LogP contribution < -0.4 is 4.74 Å². The first-order valence-electron chi connectivity index (χ1n) is 6.76.